The molecule has 8 heavy (non-hydrogen) atoms. The number of halogens is 3. The summed E-state index contributed by atoms with van der Waals surface area (Å²) in [6.07, 6.45) is 1.16. The number of hydrogen-bond donors (Lipinski definition) is 1. The third-order valence-electron chi connectivity index (χ3n) is 0.618. The molecule has 0 nitrogen and oxygen atoms in total. The summed E-state index contributed by atoms with van der Waals surface area (Å²) in [5.41, 5.74) is 0. The largest absolute Gasteiger partial charge is 0.267 e. The van der Waals surface area contributed by atoms with E-state index in [9.17, 15) is 0 Å². The molecule has 0 spiro atoms. The van der Waals surface area contributed by atoms with Crippen LogP contribution >= 0.6 is 58.5 Å². The van der Waals surface area contributed by atoms with Crippen LogP contribution in [0.4, 0.5) is 0 Å². The first-order valence-corrected chi connectivity index (χ1v) is 11.8. The zero-order chi connectivity index (χ0) is 6.62. The average molecular weight is 343 g/mol. The van der Waals surface area contributed by atoms with E-state index in [2.05, 4.69) is 58.5 Å². The van der Waals surface area contributed by atoms with Gasteiger partial charge < -0.3 is 0 Å². The fourth-order valence-electron chi connectivity index (χ4n) is 0.280. The van der Waals surface area contributed by atoms with Crippen LogP contribution in [-0.4, -0.2) is 9.68 Å². The van der Waals surface area contributed by atoms with Gasteiger partial charge in [0, 0.05) is 0 Å². The van der Waals surface area contributed by atoms with E-state index in [1.54, 1.807) is 0 Å². The van der Waals surface area contributed by atoms with Crippen molar-refractivity contribution in [3.05, 3.63) is 0 Å². The first-order valence-electron chi connectivity index (χ1n) is 2.24. The molecule has 0 N–H and O–H groups in total. The Morgan fingerprint density at radius 2 is 1.75 bits per heavy atom. The third-order valence-corrected chi connectivity index (χ3v) is 5.42. The van der Waals surface area contributed by atoms with E-state index in [1.165, 1.54) is 6.04 Å². The van der Waals surface area contributed by atoms with Crippen LogP contribution in [0.2, 0.25) is 6.04 Å². The van der Waals surface area contributed by atoms with Crippen molar-refractivity contribution in [3.8, 4) is 0 Å². The molecule has 50 valence electrons. The summed E-state index contributed by atoms with van der Waals surface area (Å²) in [5, 5.41) is 0. The summed E-state index contributed by atoms with van der Waals surface area (Å²) in [6.45, 7) is 0. The van der Waals surface area contributed by atoms with Crippen LogP contribution in [0.25, 0.3) is 0 Å². The first-order chi connectivity index (χ1) is 3.56. The van der Waals surface area contributed by atoms with E-state index in [1.807, 2.05) is 0 Å². The van der Waals surface area contributed by atoms with Crippen molar-refractivity contribution in [1.82, 2.24) is 0 Å². The highest BCUT2D eigenvalue weighted by Crippen LogP contribution is 2.32. The maximum atomic E-state index is 4.09. The molecule has 0 unspecified atom stereocenters. The second kappa shape index (κ2) is 4.77. The van der Waals surface area contributed by atoms with Gasteiger partial charge in [-0.3, -0.25) is 0 Å². The van der Waals surface area contributed by atoms with Crippen LogP contribution < -0.4 is 0 Å². The lowest BCUT2D eigenvalue weighted by Gasteiger charge is -2.05. The molecule has 0 aliphatic heterocycles. The average Bonchev–Trinajstić information content (AvgIpc) is 1.59. The van der Waals surface area contributed by atoms with Gasteiger partial charge in [0.2, 0.25) is 0 Å². The molecule has 0 radical (unpaired) electrons. The zero-order valence-electron chi connectivity index (χ0n) is 4.20. The Hall–Kier alpha value is 2.01. The second-order valence-electron chi connectivity index (χ2n) is 1.44. The molecule has 0 aliphatic rings. The molecule has 0 bridgehead atoms. The van der Waals surface area contributed by atoms with Crippen LogP contribution in [0.5, 0.6) is 0 Å². The molecule has 0 aromatic rings. The minimum atomic E-state index is -1.29. The Kier molecular flexibility index (Phi) is 5.96. The van der Waals surface area contributed by atoms with E-state index in [0.717, 1.165) is 12.2 Å². The summed E-state index contributed by atoms with van der Waals surface area (Å²) >= 11 is 14.6. The molecular formula is C3H7Br3SSi. The normalized spacial score (nSPS) is 12.0. The Balaban J connectivity index is 3.11. The minimum absolute atomic E-state index is 0.970. The fourth-order valence-corrected chi connectivity index (χ4v) is 3.84. The molecule has 0 saturated carbocycles. The van der Waals surface area contributed by atoms with E-state index >= 15 is 0 Å². The Bertz CT molecular complexity index is 62.0. The molecule has 0 heterocycles. The van der Waals surface area contributed by atoms with Crippen molar-refractivity contribution in [2.45, 2.75) is 12.5 Å². The van der Waals surface area contributed by atoms with Crippen molar-refractivity contribution < 1.29 is 0 Å². The van der Waals surface area contributed by atoms with Crippen molar-refractivity contribution in [1.29, 1.82) is 0 Å². The molecule has 0 aromatic carbocycles. The van der Waals surface area contributed by atoms with Gasteiger partial charge in [-0.1, -0.05) is 45.9 Å². The second-order valence-corrected chi connectivity index (χ2v) is 25.4. The minimum Gasteiger partial charge on any atom is -0.179 e. The predicted molar refractivity (Wildman–Crippen MR) is 55.8 cm³/mol. The van der Waals surface area contributed by atoms with Crippen LogP contribution in [0.3, 0.4) is 0 Å². The lowest BCUT2D eigenvalue weighted by Crippen LogP contribution is -2.04. The summed E-state index contributed by atoms with van der Waals surface area (Å²) in [6, 6.07) is 1.18. The summed E-state index contributed by atoms with van der Waals surface area (Å²) < 4.78 is -1.29. The van der Waals surface area contributed by atoms with Crippen LogP contribution in [0.15, 0.2) is 0 Å². The smallest absolute Gasteiger partial charge is 0.179 e. The first kappa shape index (κ1) is 10.0. The number of hydrogen-bond acceptors (Lipinski definition) is 1. The standard InChI is InChI=1S/C3H7Br3SSi/c4-8(5,6)3-1-2-7/h7H,1-3H2. The molecule has 0 aromatic heterocycles. The maximum Gasteiger partial charge on any atom is 0.267 e. The van der Waals surface area contributed by atoms with Gasteiger partial charge in [0.25, 0.3) is 3.93 Å². The van der Waals surface area contributed by atoms with Gasteiger partial charge in [0.15, 0.2) is 0 Å². The van der Waals surface area contributed by atoms with E-state index in [0.29, 0.717) is 0 Å². The quantitative estimate of drug-likeness (QED) is 0.453. The summed E-state index contributed by atoms with van der Waals surface area (Å²) in [4.78, 5) is 0. The van der Waals surface area contributed by atoms with Crippen LogP contribution in [0, 0.1) is 0 Å². The van der Waals surface area contributed by atoms with E-state index < -0.39 is 3.93 Å². The molecular weight excluding hydrogens is 336 g/mol. The van der Waals surface area contributed by atoms with Gasteiger partial charge in [0.1, 0.15) is 0 Å². The van der Waals surface area contributed by atoms with Gasteiger partial charge in [-0.15, -0.1) is 0 Å². The van der Waals surface area contributed by atoms with Gasteiger partial charge in [-0.05, 0) is 18.2 Å². The zero-order valence-corrected chi connectivity index (χ0v) is 10.9. The summed E-state index contributed by atoms with van der Waals surface area (Å²) in [7, 11) is 0. The van der Waals surface area contributed by atoms with E-state index in [4.69, 9.17) is 0 Å². The molecule has 0 rings (SSSR count). The molecule has 0 saturated heterocycles. The molecule has 0 atom stereocenters. The van der Waals surface area contributed by atoms with Gasteiger partial charge >= 0.3 is 0 Å². The Morgan fingerprint density at radius 3 is 1.88 bits per heavy atom. The lowest BCUT2D eigenvalue weighted by molar-refractivity contribution is 1.10. The van der Waals surface area contributed by atoms with Crippen molar-refractivity contribution in [2.75, 3.05) is 5.75 Å². The highest BCUT2D eigenvalue weighted by molar-refractivity contribution is 9.72. The fraction of sp³-hybridized carbons (Fsp3) is 1.00. The monoisotopic (exact) mass is 340 g/mol. The highest BCUT2D eigenvalue weighted by Gasteiger charge is 2.20. The van der Waals surface area contributed by atoms with Crippen LogP contribution in [0.1, 0.15) is 6.42 Å². The van der Waals surface area contributed by atoms with Gasteiger partial charge in [0.05, 0.1) is 0 Å². The Labute approximate surface area is 80.0 Å². The molecule has 0 amide bonds. The SMILES string of the molecule is SCCC[Si](Br)(Br)Br. The predicted octanol–water partition coefficient (Wildman–Crippen LogP) is 3.43. The highest BCUT2D eigenvalue weighted by atomic mass is 80.0. The number of thiol groups is 1. The maximum absolute atomic E-state index is 4.09. The van der Waals surface area contributed by atoms with Crippen LogP contribution in [-0.2, 0) is 0 Å². The topological polar surface area (TPSA) is 0 Å². The van der Waals surface area contributed by atoms with Crippen molar-refractivity contribution in [2.24, 2.45) is 0 Å². The van der Waals surface area contributed by atoms with Crippen molar-refractivity contribution >= 4 is 62.4 Å². The van der Waals surface area contributed by atoms with Gasteiger partial charge in [-0.25, -0.2) is 0 Å². The van der Waals surface area contributed by atoms with Gasteiger partial charge in [-0.2, -0.15) is 12.6 Å². The molecule has 0 aliphatic carbocycles. The summed E-state index contributed by atoms with van der Waals surface area (Å²) in [5.74, 6) is 0.970. The Morgan fingerprint density at radius 1 is 1.25 bits per heavy atom. The number of rotatable bonds is 3. The van der Waals surface area contributed by atoms with E-state index in [-0.39, 0.29) is 0 Å². The third kappa shape index (κ3) is 8.01. The lowest BCUT2D eigenvalue weighted by atomic mass is 10.6. The molecule has 0 fully saturated rings. The van der Waals surface area contributed by atoms with Crippen molar-refractivity contribution in [3.63, 3.8) is 0 Å². The molecule has 5 heteroatoms.